The van der Waals surface area contributed by atoms with E-state index in [2.05, 4.69) is 15.0 Å². The molecule has 0 bridgehead atoms. The molecule has 2 aromatic rings. The third-order valence-corrected chi connectivity index (χ3v) is 3.08. The number of rotatable bonds is 3. The van der Waals surface area contributed by atoms with Gasteiger partial charge in [-0.1, -0.05) is 12.1 Å². The van der Waals surface area contributed by atoms with E-state index in [1.165, 1.54) is 6.07 Å². The minimum absolute atomic E-state index is 0.0741. The number of aryl methyl sites for hydroxylation is 2. The summed E-state index contributed by atoms with van der Waals surface area (Å²) in [5.74, 6) is 1.39. The molecule has 0 aliphatic carbocycles. The number of hydrogen-bond donors (Lipinski definition) is 1. The second kappa shape index (κ2) is 5.48. The number of anilines is 1. The van der Waals surface area contributed by atoms with Crippen molar-refractivity contribution < 1.29 is 4.39 Å². The van der Waals surface area contributed by atoms with Gasteiger partial charge in [0.15, 0.2) is 0 Å². The Labute approximate surface area is 115 Å². The van der Waals surface area contributed by atoms with Gasteiger partial charge in [-0.3, -0.25) is 0 Å². The Hall–Kier alpha value is -1.75. The first-order valence-corrected chi connectivity index (χ1v) is 6.27. The number of hydrogen-bond acceptors (Lipinski definition) is 4. The molecule has 0 amide bonds. The summed E-state index contributed by atoms with van der Waals surface area (Å²) in [6.45, 7) is 3.58. The van der Waals surface area contributed by atoms with Gasteiger partial charge in [-0.25, -0.2) is 19.3 Å². The van der Waals surface area contributed by atoms with E-state index in [1.807, 2.05) is 0 Å². The monoisotopic (exact) mass is 280 g/mol. The quantitative estimate of drug-likeness (QED) is 0.693. The first kappa shape index (κ1) is 13.7. The van der Waals surface area contributed by atoms with Crippen molar-refractivity contribution in [2.45, 2.75) is 25.6 Å². The van der Waals surface area contributed by atoms with Gasteiger partial charge in [0, 0.05) is 6.42 Å². The van der Waals surface area contributed by atoms with Crippen LogP contribution in [-0.2, 0) is 6.42 Å². The zero-order chi connectivity index (χ0) is 14.0. The van der Waals surface area contributed by atoms with E-state index in [0.29, 0.717) is 29.5 Å². The van der Waals surface area contributed by atoms with Crippen molar-refractivity contribution in [1.82, 2.24) is 15.0 Å². The molecule has 100 valence electrons. The van der Waals surface area contributed by atoms with Crippen LogP contribution in [0, 0.1) is 19.7 Å². The van der Waals surface area contributed by atoms with Crippen LogP contribution in [0.3, 0.4) is 0 Å². The zero-order valence-corrected chi connectivity index (χ0v) is 11.4. The second-order valence-corrected chi connectivity index (χ2v) is 4.79. The average molecular weight is 281 g/mol. The molecule has 0 aliphatic rings. The molecule has 1 aromatic heterocycles. The lowest BCUT2D eigenvalue weighted by atomic mass is 10.1. The average Bonchev–Trinajstić information content (AvgIpc) is 2.31. The maximum atomic E-state index is 13.4. The first-order valence-electron chi connectivity index (χ1n) is 5.83. The Morgan fingerprint density at radius 1 is 1.21 bits per heavy atom. The van der Waals surface area contributed by atoms with Crippen LogP contribution in [0.4, 0.5) is 10.1 Å². The molecule has 1 aromatic carbocycles. The molecule has 4 nitrogen and oxygen atoms in total. The second-order valence-electron chi connectivity index (χ2n) is 4.26. The highest BCUT2D eigenvalue weighted by molar-refractivity contribution is 6.21. The summed E-state index contributed by atoms with van der Waals surface area (Å²) in [6, 6.07) is 4.59. The van der Waals surface area contributed by atoms with Gasteiger partial charge < -0.3 is 5.73 Å². The predicted octanol–water partition coefficient (Wildman–Crippen LogP) is 2.73. The van der Waals surface area contributed by atoms with Crippen LogP contribution in [0.5, 0.6) is 0 Å². The Morgan fingerprint density at radius 2 is 1.84 bits per heavy atom. The van der Waals surface area contributed by atoms with Crippen LogP contribution in [-0.4, -0.2) is 15.0 Å². The van der Waals surface area contributed by atoms with Crippen molar-refractivity contribution in [1.29, 1.82) is 0 Å². The Balaban J connectivity index is 2.25. The summed E-state index contributed by atoms with van der Waals surface area (Å²) in [4.78, 5) is 12.5. The van der Waals surface area contributed by atoms with Crippen LogP contribution >= 0.6 is 11.6 Å². The molecule has 1 heterocycles. The third kappa shape index (κ3) is 3.17. The minimum atomic E-state index is -0.475. The largest absolute Gasteiger partial charge is 0.396 e. The summed E-state index contributed by atoms with van der Waals surface area (Å²) in [5, 5.41) is -0.475. The van der Waals surface area contributed by atoms with Crippen LogP contribution in [0.25, 0.3) is 0 Å². The molecule has 0 saturated carbocycles. The maximum Gasteiger partial charge on any atom is 0.146 e. The number of nitrogen functional groups attached to an aromatic ring is 1. The van der Waals surface area contributed by atoms with Gasteiger partial charge in [0.25, 0.3) is 0 Å². The molecule has 0 saturated heterocycles. The van der Waals surface area contributed by atoms with Crippen molar-refractivity contribution in [3.63, 3.8) is 0 Å². The predicted molar refractivity (Wildman–Crippen MR) is 72.4 cm³/mol. The van der Waals surface area contributed by atoms with Crippen LogP contribution in [0.1, 0.15) is 28.4 Å². The fraction of sp³-hybridized carbons (Fsp3) is 0.308. The van der Waals surface area contributed by atoms with Gasteiger partial charge in [0.1, 0.15) is 23.3 Å². The molecule has 2 rings (SSSR count). The van der Waals surface area contributed by atoms with Crippen LogP contribution in [0.15, 0.2) is 18.2 Å². The standard InChI is InChI=1S/C13H14ClFN4/c1-7-17-8(2)19-12(18-7)6-10(14)9-4-3-5-11(15)13(9)16/h3-5,10H,6,16H2,1-2H3. The Kier molecular flexibility index (Phi) is 3.95. The van der Waals surface area contributed by atoms with Crippen molar-refractivity contribution in [3.05, 3.63) is 47.1 Å². The maximum absolute atomic E-state index is 13.4. The molecule has 0 aliphatic heterocycles. The number of halogens is 2. The molecule has 0 fully saturated rings. The summed E-state index contributed by atoms with van der Waals surface area (Å²) >= 11 is 6.28. The van der Waals surface area contributed by atoms with E-state index < -0.39 is 11.2 Å². The van der Waals surface area contributed by atoms with Crippen molar-refractivity contribution in [2.24, 2.45) is 0 Å². The highest BCUT2D eigenvalue weighted by Gasteiger charge is 2.16. The number of para-hydroxylation sites is 1. The number of benzene rings is 1. The Bertz CT molecular complexity index is 583. The smallest absolute Gasteiger partial charge is 0.146 e. The lowest BCUT2D eigenvalue weighted by Gasteiger charge is -2.12. The van der Waals surface area contributed by atoms with Gasteiger partial charge >= 0.3 is 0 Å². The fourth-order valence-electron chi connectivity index (χ4n) is 1.87. The van der Waals surface area contributed by atoms with Crippen molar-refractivity contribution in [2.75, 3.05) is 5.73 Å². The summed E-state index contributed by atoms with van der Waals surface area (Å²) in [6.07, 6.45) is 0.374. The lowest BCUT2D eigenvalue weighted by Crippen LogP contribution is -2.08. The number of aromatic nitrogens is 3. The van der Waals surface area contributed by atoms with E-state index in [4.69, 9.17) is 17.3 Å². The molecule has 0 radical (unpaired) electrons. The van der Waals surface area contributed by atoms with Crippen molar-refractivity contribution in [3.8, 4) is 0 Å². The molecular formula is C13H14ClFN4. The molecule has 1 unspecified atom stereocenters. The number of alkyl halides is 1. The van der Waals surface area contributed by atoms with E-state index in [0.717, 1.165) is 0 Å². The molecular weight excluding hydrogens is 267 g/mol. The minimum Gasteiger partial charge on any atom is -0.396 e. The zero-order valence-electron chi connectivity index (χ0n) is 10.7. The van der Waals surface area contributed by atoms with E-state index >= 15 is 0 Å². The topological polar surface area (TPSA) is 64.7 Å². The van der Waals surface area contributed by atoms with E-state index in [-0.39, 0.29) is 5.69 Å². The first-order chi connectivity index (χ1) is 8.97. The van der Waals surface area contributed by atoms with Gasteiger partial charge in [0.05, 0.1) is 11.1 Å². The summed E-state index contributed by atoms with van der Waals surface area (Å²) in [5.41, 5.74) is 6.31. The fourth-order valence-corrected chi connectivity index (χ4v) is 2.20. The molecule has 2 N–H and O–H groups in total. The van der Waals surface area contributed by atoms with Gasteiger partial charge in [-0.2, -0.15) is 0 Å². The van der Waals surface area contributed by atoms with E-state index in [1.54, 1.807) is 26.0 Å². The molecule has 6 heteroatoms. The van der Waals surface area contributed by atoms with Gasteiger partial charge in [-0.15, -0.1) is 11.6 Å². The third-order valence-electron chi connectivity index (χ3n) is 2.69. The lowest BCUT2D eigenvalue weighted by molar-refractivity contribution is 0.629. The highest BCUT2D eigenvalue weighted by Crippen LogP contribution is 2.29. The Morgan fingerprint density at radius 3 is 2.47 bits per heavy atom. The highest BCUT2D eigenvalue weighted by atomic mass is 35.5. The number of nitrogens with zero attached hydrogens (tertiary/aromatic N) is 3. The molecule has 19 heavy (non-hydrogen) atoms. The normalized spacial score (nSPS) is 12.4. The van der Waals surface area contributed by atoms with Crippen molar-refractivity contribution >= 4 is 17.3 Å². The van der Waals surface area contributed by atoms with Crippen LogP contribution < -0.4 is 5.73 Å². The summed E-state index contributed by atoms with van der Waals surface area (Å²) in [7, 11) is 0. The number of nitrogens with two attached hydrogens (primary N) is 1. The van der Waals surface area contributed by atoms with Gasteiger partial charge in [-0.05, 0) is 25.5 Å². The van der Waals surface area contributed by atoms with E-state index in [9.17, 15) is 4.39 Å². The van der Waals surface area contributed by atoms with Gasteiger partial charge in [0.2, 0.25) is 0 Å². The summed E-state index contributed by atoms with van der Waals surface area (Å²) < 4.78 is 13.4. The SMILES string of the molecule is Cc1nc(C)nc(CC(Cl)c2cccc(F)c2N)n1. The molecule has 0 spiro atoms. The molecule has 1 atom stereocenters. The van der Waals surface area contributed by atoms with Crippen LogP contribution in [0.2, 0.25) is 0 Å².